The van der Waals surface area contributed by atoms with Gasteiger partial charge in [-0.25, -0.2) is 4.98 Å². The summed E-state index contributed by atoms with van der Waals surface area (Å²) in [5, 5.41) is 7.33. The molecule has 2 rings (SSSR count). The number of aromatic nitrogens is 2. The first-order chi connectivity index (χ1) is 9.21. The topological polar surface area (TPSA) is 67.7 Å². The summed E-state index contributed by atoms with van der Waals surface area (Å²) >= 11 is 0. The van der Waals surface area contributed by atoms with Crippen LogP contribution in [0.15, 0.2) is 24.5 Å². The van der Waals surface area contributed by atoms with Crippen LogP contribution in [0.1, 0.15) is 22.5 Å². The van der Waals surface area contributed by atoms with Gasteiger partial charge in [0.25, 0.3) is 0 Å². The van der Waals surface area contributed by atoms with E-state index in [-0.39, 0.29) is 5.56 Å². The molecule has 0 spiro atoms. The maximum absolute atomic E-state index is 12.9. The molecule has 0 saturated heterocycles. The van der Waals surface area contributed by atoms with Gasteiger partial charge >= 0.3 is 6.18 Å². The van der Waals surface area contributed by atoms with Gasteiger partial charge in [0, 0.05) is 16.9 Å². The van der Waals surface area contributed by atoms with E-state index in [2.05, 4.69) is 4.98 Å². The highest BCUT2D eigenvalue weighted by atomic mass is 19.4. The number of nitrogens with two attached hydrogens (primary N) is 1. The van der Waals surface area contributed by atoms with Crippen molar-refractivity contribution in [1.29, 1.82) is 5.41 Å². The molecule has 4 nitrogen and oxygen atoms in total. The highest BCUT2D eigenvalue weighted by molar-refractivity contribution is 5.97. The van der Waals surface area contributed by atoms with E-state index >= 15 is 0 Å². The third kappa shape index (κ3) is 2.38. The minimum Gasteiger partial charge on any atom is -0.384 e. The SMILES string of the molecule is Cc1ncn(-c2ccc(C(F)(F)F)c(C(=N)N)c2)c1C. The minimum absolute atomic E-state index is 0.333. The Labute approximate surface area is 113 Å². The summed E-state index contributed by atoms with van der Waals surface area (Å²) in [4.78, 5) is 4.09. The van der Waals surface area contributed by atoms with Crippen molar-refractivity contribution < 1.29 is 13.2 Å². The summed E-state index contributed by atoms with van der Waals surface area (Å²) in [5.41, 5.74) is 6.11. The summed E-state index contributed by atoms with van der Waals surface area (Å²) in [5.74, 6) is -0.617. The van der Waals surface area contributed by atoms with E-state index in [1.54, 1.807) is 4.57 Å². The highest BCUT2D eigenvalue weighted by Gasteiger charge is 2.34. The van der Waals surface area contributed by atoms with Crippen LogP contribution < -0.4 is 5.73 Å². The van der Waals surface area contributed by atoms with Gasteiger partial charge in [0.2, 0.25) is 0 Å². The maximum Gasteiger partial charge on any atom is 0.417 e. The lowest BCUT2D eigenvalue weighted by atomic mass is 10.0. The van der Waals surface area contributed by atoms with Crippen molar-refractivity contribution in [3.8, 4) is 5.69 Å². The lowest BCUT2D eigenvalue weighted by Crippen LogP contribution is -2.19. The first kappa shape index (κ1) is 14.1. The molecule has 0 fully saturated rings. The number of halogens is 3. The molecule has 106 valence electrons. The second-order valence-electron chi connectivity index (χ2n) is 4.43. The van der Waals surface area contributed by atoms with Crippen molar-refractivity contribution >= 4 is 5.84 Å². The number of rotatable bonds is 2. The van der Waals surface area contributed by atoms with Gasteiger partial charge in [-0.05, 0) is 32.0 Å². The van der Waals surface area contributed by atoms with Crippen LogP contribution >= 0.6 is 0 Å². The summed E-state index contributed by atoms with van der Waals surface area (Å²) in [6.07, 6.45) is -3.02. The Bertz CT molecular complexity index is 671. The van der Waals surface area contributed by atoms with Gasteiger partial charge in [-0.15, -0.1) is 0 Å². The van der Waals surface area contributed by atoms with Crippen molar-refractivity contribution in [3.05, 3.63) is 47.0 Å². The van der Waals surface area contributed by atoms with Crippen molar-refractivity contribution in [1.82, 2.24) is 9.55 Å². The lowest BCUT2D eigenvalue weighted by molar-refractivity contribution is -0.137. The van der Waals surface area contributed by atoms with Gasteiger partial charge in [-0.2, -0.15) is 13.2 Å². The molecule has 0 saturated carbocycles. The van der Waals surface area contributed by atoms with Gasteiger partial charge in [0.15, 0.2) is 0 Å². The van der Waals surface area contributed by atoms with Crippen LogP contribution in [-0.2, 0) is 6.18 Å². The van der Waals surface area contributed by atoms with Crippen molar-refractivity contribution in [2.45, 2.75) is 20.0 Å². The molecule has 0 amide bonds. The normalized spacial score (nSPS) is 11.7. The zero-order chi connectivity index (χ0) is 15.1. The molecule has 20 heavy (non-hydrogen) atoms. The second kappa shape index (κ2) is 4.66. The van der Waals surface area contributed by atoms with Crippen molar-refractivity contribution in [3.63, 3.8) is 0 Å². The molecule has 7 heteroatoms. The molecule has 1 aromatic carbocycles. The van der Waals surface area contributed by atoms with Crippen LogP contribution in [0.5, 0.6) is 0 Å². The smallest absolute Gasteiger partial charge is 0.384 e. The molecule has 1 aromatic heterocycles. The number of nitrogens with one attached hydrogen (secondary N) is 1. The van der Waals surface area contributed by atoms with Gasteiger partial charge in [-0.3, -0.25) is 5.41 Å². The molecule has 3 N–H and O–H groups in total. The van der Waals surface area contributed by atoms with Crippen LogP contribution in [0.4, 0.5) is 13.2 Å². The largest absolute Gasteiger partial charge is 0.417 e. The number of nitrogen functional groups attached to an aromatic ring is 1. The van der Waals surface area contributed by atoms with Crippen LogP contribution in [0, 0.1) is 19.3 Å². The average molecular weight is 282 g/mol. The van der Waals surface area contributed by atoms with E-state index in [1.807, 2.05) is 13.8 Å². The Morgan fingerprint density at radius 2 is 1.95 bits per heavy atom. The monoisotopic (exact) mass is 282 g/mol. The molecular weight excluding hydrogens is 269 g/mol. The van der Waals surface area contributed by atoms with Crippen molar-refractivity contribution in [2.24, 2.45) is 5.73 Å². The number of aryl methyl sites for hydroxylation is 1. The van der Waals surface area contributed by atoms with E-state index in [4.69, 9.17) is 11.1 Å². The van der Waals surface area contributed by atoms with Crippen LogP contribution in [0.2, 0.25) is 0 Å². The molecule has 0 aliphatic rings. The van der Waals surface area contributed by atoms with Crippen LogP contribution in [0.25, 0.3) is 5.69 Å². The quantitative estimate of drug-likeness (QED) is 0.657. The van der Waals surface area contributed by atoms with Gasteiger partial charge in [0.1, 0.15) is 5.84 Å². The van der Waals surface area contributed by atoms with Crippen LogP contribution in [-0.4, -0.2) is 15.4 Å². The Morgan fingerprint density at radius 3 is 2.40 bits per heavy atom. The van der Waals surface area contributed by atoms with E-state index in [1.165, 1.54) is 18.5 Å². The molecule has 0 atom stereocenters. The number of nitrogens with zero attached hydrogens (tertiary/aromatic N) is 2. The molecule has 0 aliphatic heterocycles. The minimum atomic E-state index is -4.54. The van der Waals surface area contributed by atoms with Crippen molar-refractivity contribution in [2.75, 3.05) is 0 Å². The van der Waals surface area contributed by atoms with Gasteiger partial charge in [-0.1, -0.05) is 0 Å². The maximum atomic E-state index is 12.9. The molecule has 0 bridgehead atoms. The molecule has 0 radical (unpaired) electrons. The summed E-state index contributed by atoms with van der Waals surface area (Å²) in [7, 11) is 0. The molecule has 0 aliphatic carbocycles. The Kier molecular flexibility index (Phi) is 3.29. The van der Waals surface area contributed by atoms with E-state index in [0.717, 1.165) is 17.5 Å². The Morgan fingerprint density at radius 1 is 1.30 bits per heavy atom. The van der Waals surface area contributed by atoms with E-state index in [0.29, 0.717) is 5.69 Å². The third-order valence-electron chi connectivity index (χ3n) is 3.13. The zero-order valence-corrected chi connectivity index (χ0v) is 10.9. The predicted molar refractivity (Wildman–Crippen MR) is 69.1 cm³/mol. The third-order valence-corrected chi connectivity index (χ3v) is 3.13. The Hall–Kier alpha value is -2.31. The lowest BCUT2D eigenvalue weighted by Gasteiger charge is -2.14. The number of hydrogen-bond donors (Lipinski definition) is 2. The van der Waals surface area contributed by atoms with Crippen LogP contribution in [0.3, 0.4) is 0 Å². The summed E-state index contributed by atoms with van der Waals surface area (Å²) in [6, 6.07) is 3.52. The number of imidazole rings is 1. The highest BCUT2D eigenvalue weighted by Crippen LogP contribution is 2.33. The molecule has 1 heterocycles. The second-order valence-corrected chi connectivity index (χ2v) is 4.43. The molecule has 2 aromatic rings. The average Bonchev–Trinajstić information content (AvgIpc) is 2.68. The Balaban J connectivity index is 2.62. The molecular formula is C13H13F3N4. The fourth-order valence-corrected chi connectivity index (χ4v) is 1.91. The standard InChI is InChI=1S/C13H13F3N4/c1-7-8(2)20(6-19-7)9-3-4-11(13(14,15)16)10(5-9)12(17)18/h3-6H,1-2H3,(H3,17,18). The number of amidine groups is 1. The summed E-state index contributed by atoms with van der Waals surface area (Å²) in [6.45, 7) is 3.62. The van der Waals surface area contributed by atoms with Gasteiger partial charge in [0.05, 0.1) is 17.6 Å². The number of alkyl halides is 3. The summed E-state index contributed by atoms with van der Waals surface area (Å²) < 4.78 is 40.2. The fourth-order valence-electron chi connectivity index (χ4n) is 1.91. The predicted octanol–water partition coefficient (Wildman–Crippen LogP) is 2.79. The first-order valence-corrected chi connectivity index (χ1v) is 5.78. The van der Waals surface area contributed by atoms with Gasteiger partial charge < -0.3 is 10.3 Å². The molecule has 0 unspecified atom stereocenters. The zero-order valence-electron chi connectivity index (χ0n) is 10.9. The number of benzene rings is 1. The first-order valence-electron chi connectivity index (χ1n) is 5.78. The van der Waals surface area contributed by atoms with E-state index < -0.39 is 17.6 Å². The number of hydrogen-bond acceptors (Lipinski definition) is 2. The fraction of sp³-hybridized carbons (Fsp3) is 0.231. The van der Waals surface area contributed by atoms with E-state index in [9.17, 15) is 13.2 Å².